The van der Waals surface area contributed by atoms with E-state index in [0.717, 1.165) is 24.9 Å². The lowest BCUT2D eigenvalue weighted by Gasteiger charge is -2.38. The number of hydrogen-bond acceptors (Lipinski definition) is 8. The minimum atomic E-state index is -2.20. The highest BCUT2D eigenvalue weighted by Gasteiger charge is 2.40. The molecule has 0 saturated heterocycles. The van der Waals surface area contributed by atoms with Gasteiger partial charge < -0.3 is 36.1 Å². The van der Waals surface area contributed by atoms with Gasteiger partial charge in [0.15, 0.2) is 33.3 Å². The fraction of sp³-hybridized carbons (Fsp3) is 1.00. The van der Waals surface area contributed by atoms with Gasteiger partial charge in [0, 0.05) is 13.2 Å². The van der Waals surface area contributed by atoms with Crippen molar-refractivity contribution in [1.29, 1.82) is 0 Å². The Kier molecular flexibility index (Phi) is 21.1. The molecule has 0 fully saturated rings. The minimum absolute atomic E-state index is 0.181. The largest absolute Gasteiger partial charge is 0.437 e. The lowest BCUT2D eigenvalue weighted by atomic mass is 9.92. The van der Waals surface area contributed by atoms with E-state index in [2.05, 4.69) is 92.4 Å². The number of unbranched alkanes of at least 4 members (excludes halogenated alkanes) is 2. The molecule has 0 aliphatic heterocycles. The summed E-state index contributed by atoms with van der Waals surface area (Å²) in [5.74, 6) is 0. The van der Waals surface area contributed by atoms with E-state index in [-0.39, 0.29) is 26.4 Å². The van der Waals surface area contributed by atoms with Gasteiger partial charge in [0.25, 0.3) is 0 Å². The number of aliphatic hydroxyl groups excluding tert-OH is 2. The summed E-state index contributed by atoms with van der Waals surface area (Å²) in [5, 5.41) is 20.3. The molecule has 0 rings (SSSR count). The van der Waals surface area contributed by atoms with Gasteiger partial charge in [-0.2, -0.15) is 0 Å². The normalized spacial score (nSPS) is 14.4. The average Bonchev–Trinajstić information content (AvgIpc) is 2.86. The highest BCUT2D eigenvalue weighted by atomic mass is 28.5. The molecule has 0 saturated carbocycles. The van der Waals surface area contributed by atoms with Crippen LogP contribution in [0.15, 0.2) is 0 Å². The fourth-order valence-electron chi connectivity index (χ4n) is 6.16. The van der Waals surface area contributed by atoms with E-state index in [1.807, 2.05) is 0 Å². The SMILES string of the molecule is CCCC[Si](C)(C)O[Si](C)(C)O[Si](C)(C)CCCOCC(CO)(CO)COCCC[Si](C)(C)O[Si](C)(C)O[Si](C)(C)CCCC. The third-order valence-corrected chi connectivity index (χ3v) is 30.9. The molecule has 0 atom stereocenters. The van der Waals surface area contributed by atoms with Crippen molar-refractivity contribution in [2.45, 2.75) is 155 Å². The Morgan fingerprint density at radius 3 is 0.956 bits per heavy atom. The lowest BCUT2D eigenvalue weighted by Crippen LogP contribution is -2.52. The van der Waals surface area contributed by atoms with E-state index in [4.69, 9.17) is 25.9 Å². The van der Waals surface area contributed by atoms with Crippen LogP contribution in [0, 0.1) is 5.41 Å². The molecule has 272 valence electrons. The number of rotatable bonds is 28. The van der Waals surface area contributed by atoms with Gasteiger partial charge in [-0.05, 0) is 116 Å². The van der Waals surface area contributed by atoms with E-state index in [1.54, 1.807) is 0 Å². The van der Waals surface area contributed by atoms with Crippen LogP contribution in [0.3, 0.4) is 0 Å². The molecule has 0 aliphatic rings. The average molecular weight is 745 g/mol. The van der Waals surface area contributed by atoms with Gasteiger partial charge in [-0.3, -0.25) is 0 Å². The topological polar surface area (TPSA) is 95.8 Å². The zero-order valence-electron chi connectivity index (χ0n) is 32.2. The van der Waals surface area contributed by atoms with Crippen LogP contribution in [-0.4, -0.2) is 100 Å². The second kappa shape index (κ2) is 20.6. The Morgan fingerprint density at radius 1 is 0.444 bits per heavy atom. The molecule has 14 heteroatoms. The molecule has 0 bridgehead atoms. The first-order valence-electron chi connectivity index (χ1n) is 17.7. The lowest BCUT2D eigenvalue weighted by molar-refractivity contribution is -0.0767. The van der Waals surface area contributed by atoms with Crippen LogP contribution in [0.2, 0.25) is 103 Å². The standard InChI is InChI=1S/C31H76O8Si6/c1-15-17-23-40(3,4)36-44(11,12)38-42(7,8)25-19-21-34-29-31(27-32,28-33)30-35-22-20-26-43(9,10)39-45(13,14)37-41(5,6)24-18-16-2/h32-33H,15-30H2,1-14H3. The minimum Gasteiger partial charge on any atom is -0.437 e. The first-order chi connectivity index (χ1) is 20.5. The Hall–Kier alpha value is 0.981. The van der Waals surface area contributed by atoms with Gasteiger partial charge in [-0.25, -0.2) is 0 Å². The van der Waals surface area contributed by atoms with E-state index >= 15 is 0 Å². The van der Waals surface area contributed by atoms with Gasteiger partial charge in [-0.1, -0.05) is 39.5 Å². The van der Waals surface area contributed by atoms with Gasteiger partial charge >= 0.3 is 17.1 Å². The second-order valence-electron chi connectivity index (χ2n) is 16.6. The summed E-state index contributed by atoms with van der Waals surface area (Å²) in [7, 11) is -11.7. The third-order valence-electron chi connectivity index (χ3n) is 7.98. The van der Waals surface area contributed by atoms with Gasteiger partial charge in [0.1, 0.15) is 0 Å². The maximum Gasteiger partial charge on any atom is 0.311 e. The number of aliphatic hydroxyl groups is 2. The fourth-order valence-corrected chi connectivity index (χ4v) is 34.6. The summed E-state index contributed by atoms with van der Waals surface area (Å²) in [6.45, 7) is 32.9. The molecular weight excluding hydrogens is 669 g/mol. The van der Waals surface area contributed by atoms with Crippen molar-refractivity contribution in [3.8, 4) is 0 Å². The molecule has 2 N–H and O–H groups in total. The van der Waals surface area contributed by atoms with Crippen LogP contribution in [0.4, 0.5) is 0 Å². The van der Waals surface area contributed by atoms with E-state index in [1.165, 1.54) is 37.8 Å². The van der Waals surface area contributed by atoms with Crippen molar-refractivity contribution in [1.82, 2.24) is 0 Å². The van der Waals surface area contributed by atoms with Crippen molar-refractivity contribution in [3.05, 3.63) is 0 Å². The molecule has 0 unspecified atom stereocenters. The Bertz CT molecular complexity index is 732. The van der Waals surface area contributed by atoms with Gasteiger partial charge in [0.05, 0.1) is 31.8 Å². The molecule has 0 heterocycles. The zero-order valence-corrected chi connectivity index (χ0v) is 38.2. The smallest absolute Gasteiger partial charge is 0.311 e. The molecule has 0 amide bonds. The highest BCUT2D eigenvalue weighted by molar-refractivity contribution is 6.88. The molecule has 0 spiro atoms. The van der Waals surface area contributed by atoms with Crippen molar-refractivity contribution in [2.24, 2.45) is 5.41 Å². The molecule has 0 aromatic rings. The maximum absolute atomic E-state index is 10.1. The predicted molar refractivity (Wildman–Crippen MR) is 206 cm³/mol. The van der Waals surface area contributed by atoms with Crippen molar-refractivity contribution in [3.63, 3.8) is 0 Å². The highest BCUT2D eigenvalue weighted by Crippen LogP contribution is 2.28. The zero-order chi connectivity index (χ0) is 35.1. The monoisotopic (exact) mass is 744 g/mol. The van der Waals surface area contributed by atoms with Crippen LogP contribution < -0.4 is 0 Å². The summed E-state index contributed by atoms with van der Waals surface area (Å²) in [4.78, 5) is 0. The van der Waals surface area contributed by atoms with Crippen molar-refractivity contribution < 1.29 is 36.1 Å². The quantitative estimate of drug-likeness (QED) is 0.0608. The third kappa shape index (κ3) is 22.3. The van der Waals surface area contributed by atoms with E-state index in [0.29, 0.717) is 13.2 Å². The van der Waals surface area contributed by atoms with Gasteiger partial charge in [0.2, 0.25) is 0 Å². The van der Waals surface area contributed by atoms with E-state index < -0.39 is 55.8 Å². The van der Waals surface area contributed by atoms with Crippen LogP contribution in [-0.2, 0) is 25.9 Å². The summed E-state index contributed by atoms with van der Waals surface area (Å²) in [5.41, 5.74) is -0.804. The molecule has 8 nitrogen and oxygen atoms in total. The van der Waals surface area contributed by atoms with E-state index in [9.17, 15) is 10.2 Å². The van der Waals surface area contributed by atoms with Crippen LogP contribution >= 0.6 is 0 Å². The first-order valence-corrected chi connectivity index (χ1v) is 35.8. The predicted octanol–water partition coefficient (Wildman–Crippen LogP) is 8.66. The summed E-state index contributed by atoms with van der Waals surface area (Å²) >= 11 is 0. The number of ether oxygens (including phenoxy) is 2. The van der Waals surface area contributed by atoms with Gasteiger partial charge in [-0.15, -0.1) is 0 Å². The van der Waals surface area contributed by atoms with Crippen molar-refractivity contribution in [2.75, 3.05) is 39.6 Å². The molecule has 0 aliphatic carbocycles. The molecular formula is C31H76O8Si6. The summed E-state index contributed by atoms with van der Waals surface area (Å²) < 4.78 is 38.8. The Labute approximate surface area is 285 Å². The molecule has 45 heavy (non-hydrogen) atoms. The molecule has 0 radical (unpaired) electrons. The summed E-state index contributed by atoms with van der Waals surface area (Å²) in [6, 6.07) is 4.33. The van der Waals surface area contributed by atoms with Crippen LogP contribution in [0.25, 0.3) is 0 Å². The molecule has 0 aromatic carbocycles. The van der Waals surface area contributed by atoms with Crippen LogP contribution in [0.1, 0.15) is 52.4 Å². The van der Waals surface area contributed by atoms with Crippen LogP contribution in [0.5, 0.6) is 0 Å². The van der Waals surface area contributed by atoms with Crippen molar-refractivity contribution >= 4 is 50.4 Å². The summed E-state index contributed by atoms with van der Waals surface area (Å²) in [6.07, 6.45) is 6.62. The maximum atomic E-state index is 10.1. The first kappa shape index (κ1) is 46.0. The Balaban J connectivity index is 4.62. The second-order valence-corrected chi connectivity index (χ2v) is 41.5. The number of hydrogen-bond donors (Lipinski definition) is 2. The molecule has 0 aromatic heterocycles. The Morgan fingerprint density at radius 2 is 0.711 bits per heavy atom.